The van der Waals surface area contributed by atoms with Gasteiger partial charge < -0.3 is 15.4 Å². The molecule has 0 radical (unpaired) electrons. The van der Waals surface area contributed by atoms with Crippen LogP contribution in [0.1, 0.15) is 37.2 Å². The SMILES string of the molecule is Cc1nc(=O)[nH]c(C)c1CC(=O)NC(CCO)C(C)C. The first-order valence-corrected chi connectivity index (χ1v) is 6.81. The van der Waals surface area contributed by atoms with Crippen LogP contribution in [0.15, 0.2) is 4.79 Å². The molecule has 0 aliphatic rings. The van der Waals surface area contributed by atoms with Crippen molar-refractivity contribution in [3.05, 3.63) is 27.4 Å². The number of aliphatic hydroxyl groups excluding tert-OH is 1. The third-order valence-corrected chi connectivity index (χ3v) is 3.38. The van der Waals surface area contributed by atoms with Gasteiger partial charge in [-0.2, -0.15) is 4.98 Å². The number of aliphatic hydroxyl groups is 1. The molecule has 1 rings (SSSR count). The Hall–Kier alpha value is -1.69. The maximum atomic E-state index is 12.1. The number of hydrogen-bond acceptors (Lipinski definition) is 4. The number of aryl methyl sites for hydroxylation is 2. The lowest BCUT2D eigenvalue weighted by Gasteiger charge is -2.21. The van der Waals surface area contributed by atoms with Gasteiger partial charge in [0.25, 0.3) is 0 Å². The number of rotatable bonds is 6. The number of aromatic nitrogens is 2. The van der Waals surface area contributed by atoms with E-state index in [1.807, 2.05) is 13.8 Å². The van der Waals surface area contributed by atoms with Crippen LogP contribution in [-0.4, -0.2) is 33.6 Å². The van der Waals surface area contributed by atoms with Gasteiger partial charge in [0.15, 0.2) is 0 Å². The molecule has 0 aliphatic heterocycles. The van der Waals surface area contributed by atoms with Gasteiger partial charge >= 0.3 is 5.69 Å². The van der Waals surface area contributed by atoms with Gasteiger partial charge in [-0.3, -0.25) is 4.79 Å². The molecule has 0 spiro atoms. The van der Waals surface area contributed by atoms with E-state index in [2.05, 4.69) is 15.3 Å². The van der Waals surface area contributed by atoms with Gasteiger partial charge in [-0.05, 0) is 26.2 Å². The Morgan fingerprint density at radius 1 is 1.40 bits per heavy atom. The van der Waals surface area contributed by atoms with Crippen LogP contribution in [0.25, 0.3) is 0 Å². The molecule has 20 heavy (non-hydrogen) atoms. The molecule has 0 saturated heterocycles. The van der Waals surface area contributed by atoms with Gasteiger partial charge in [-0.1, -0.05) is 13.8 Å². The van der Waals surface area contributed by atoms with Gasteiger partial charge in [0.05, 0.1) is 6.42 Å². The van der Waals surface area contributed by atoms with E-state index in [0.29, 0.717) is 17.8 Å². The van der Waals surface area contributed by atoms with Crippen molar-refractivity contribution in [2.45, 2.75) is 46.6 Å². The Bertz CT molecular complexity index is 497. The van der Waals surface area contributed by atoms with Crippen LogP contribution in [0.5, 0.6) is 0 Å². The lowest BCUT2D eigenvalue weighted by atomic mass is 10.0. The largest absolute Gasteiger partial charge is 0.396 e. The molecule has 1 aromatic heterocycles. The van der Waals surface area contributed by atoms with E-state index < -0.39 is 5.69 Å². The maximum absolute atomic E-state index is 12.1. The molecule has 0 aliphatic carbocycles. The molecule has 0 bridgehead atoms. The van der Waals surface area contributed by atoms with E-state index in [1.165, 1.54) is 0 Å². The molecule has 6 nitrogen and oxygen atoms in total. The van der Waals surface area contributed by atoms with Crippen molar-refractivity contribution in [2.24, 2.45) is 5.92 Å². The molecular formula is C14H23N3O3. The zero-order valence-electron chi connectivity index (χ0n) is 12.5. The molecule has 1 unspecified atom stereocenters. The van der Waals surface area contributed by atoms with Crippen molar-refractivity contribution in [1.82, 2.24) is 15.3 Å². The molecular weight excluding hydrogens is 258 g/mol. The van der Waals surface area contributed by atoms with Gasteiger partial charge in [-0.15, -0.1) is 0 Å². The molecule has 6 heteroatoms. The third kappa shape index (κ3) is 4.45. The number of carbonyl (C=O) groups excluding carboxylic acids is 1. The lowest BCUT2D eigenvalue weighted by molar-refractivity contribution is -0.121. The minimum atomic E-state index is -0.399. The predicted octanol–water partition coefficient (Wildman–Crippen LogP) is 0.452. The van der Waals surface area contributed by atoms with Gasteiger partial charge in [0.1, 0.15) is 0 Å². The Kier molecular flexibility index (Phi) is 5.88. The predicted molar refractivity (Wildman–Crippen MR) is 76.5 cm³/mol. The molecule has 1 aromatic rings. The van der Waals surface area contributed by atoms with Crippen molar-refractivity contribution < 1.29 is 9.90 Å². The quantitative estimate of drug-likeness (QED) is 0.705. The van der Waals surface area contributed by atoms with Crippen LogP contribution in [0.2, 0.25) is 0 Å². The minimum Gasteiger partial charge on any atom is -0.396 e. The zero-order valence-corrected chi connectivity index (χ0v) is 12.5. The number of carbonyl (C=O) groups is 1. The molecule has 112 valence electrons. The second kappa shape index (κ2) is 7.19. The van der Waals surface area contributed by atoms with E-state index >= 15 is 0 Å². The molecule has 0 saturated carbocycles. The number of amides is 1. The first-order chi connectivity index (χ1) is 9.35. The summed E-state index contributed by atoms with van der Waals surface area (Å²) in [5.41, 5.74) is 1.59. The summed E-state index contributed by atoms with van der Waals surface area (Å²) >= 11 is 0. The molecule has 1 atom stereocenters. The van der Waals surface area contributed by atoms with Gasteiger partial charge in [0.2, 0.25) is 5.91 Å². The molecule has 0 fully saturated rings. The molecule has 1 amide bonds. The highest BCUT2D eigenvalue weighted by atomic mass is 16.3. The van der Waals surface area contributed by atoms with E-state index in [4.69, 9.17) is 5.11 Å². The average molecular weight is 281 g/mol. The second-order valence-electron chi connectivity index (χ2n) is 5.34. The summed E-state index contributed by atoms with van der Waals surface area (Å²) in [5, 5.41) is 11.9. The van der Waals surface area contributed by atoms with E-state index in [9.17, 15) is 9.59 Å². The van der Waals surface area contributed by atoms with Crippen LogP contribution < -0.4 is 11.0 Å². The number of nitrogens with zero attached hydrogens (tertiary/aromatic N) is 1. The van der Waals surface area contributed by atoms with Crippen LogP contribution in [0.4, 0.5) is 0 Å². The first kappa shape index (κ1) is 16.4. The van der Waals surface area contributed by atoms with Crippen LogP contribution in [0.3, 0.4) is 0 Å². The van der Waals surface area contributed by atoms with Gasteiger partial charge in [0, 0.05) is 29.6 Å². The summed E-state index contributed by atoms with van der Waals surface area (Å²) in [4.78, 5) is 29.7. The fourth-order valence-corrected chi connectivity index (χ4v) is 2.15. The van der Waals surface area contributed by atoms with Crippen LogP contribution in [0, 0.1) is 19.8 Å². The Labute approximate surface area is 118 Å². The zero-order chi connectivity index (χ0) is 15.3. The van der Waals surface area contributed by atoms with Crippen molar-refractivity contribution >= 4 is 5.91 Å². The monoisotopic (exact) mass is 281 g/mol. The number of aromatic amines is 1. The maximum Gasteiger partial charge on any atom is 0.345 e. The first-order valence-electron chi connectivity index (χ1n) is 6.81. The summed E-state index contributed by atoms with van der Waals surface area (Å²) in [6.45, 7) is 7.52. The number of hydrogen-bond donors (Lipinski definition) is 3. The van der Waals surface area contributed by atoms with Crippen LogP contribution >= 0.6 is 0 Å². The normalized spacial score (nSPS) is 12.5. The summed E-state index contributed by atoms with van der Waals surface area (Å²) < 4.78 is 0. The van der Waals surface area contributed by atoms with Crippen molar-refractivity contribution in [2.75, 3.05) is 6.61 Å². The summed E-state index contributed by atoms with van der Waals surface area (Å²) in [6.07, 6.45) is 0.710. The summed E-state index contributed by atoms with van der Waals surface area (Å²) in [7, 11) is 0. The van der Waals surface area contributed by atoms with E-state index in [-0.39, 0.29) is 30.9 Å². The molecule has 3 N–H and O–H groups in total. The second-order valence-corrected chi connectivity index (χ2v) is 5.34. The van der Waals surface area contributed by atoms with E-state index in [1.54, 1.807) is 13.8 Å². The Balaban J connectivity index is 2.78. The Morgan fingerprint density at radius 2 is 2.05 bits per heavy atom. The van der Waals surface area contributed by atoms with E-state index in [0.717, 1.165) is 5.56 Å². The minimum absolute atomic E-state index is 0.0430. The van der Waals surface area contributed by atoms with Crippen molar-refractivity contribution in [1.29, 1.82) is 0 Å². The number of nitrogens with one attached hydrogen (secondary N) is 2. The lowest BCUT2D eigenvalue weighted by Crippen LogP contribution is -2.40. The molecule has 0 aromatic carbocycles. The highest BCUT2D eigenvalue weighted by molar-refractivity contribution is 5.79. The topological polar surface area (TPSA) is 95.1 Å². The van der Waals surface area contributed by atoms with Gasteiger partial charge in [-0.25, -0.2) is 4.79 Å². The summed E-state index contributed by atoms with van der Waals surface area (Å²) in [6, 6.07) is -0.0520. The fourth-order valence-electron chi connectivity index (χ4n) is 2.15. The highest BCUT2D eigenvalue weighted by Gasteiger charge is 2.17. The standard InChI is InChI=1S/C14H23N3O3/c1-8(2)12(5-6-18)17-13(19)7-11-9(3)15-14(20)16-10(11)4/h8,12,18H,5-7H2,1-4H3,(H,17,19)(H,15,16,20). The third-order valence-electron chi connectivity index (χ3n) is 3.38. The molecule has 1 heterocycles. The average Bonchev–Trinajstić information content (AvgIpc) is 2.33. The Morgan fingerprint density at radius 3 is 2.55 bits per heavy atom. The van der Waals surface area contributed by atoms with Crippen LogP contribution in [-0.2, 0) is 11.2 Å². The number of H-pyrrole nitrogens is 1. The highest BCUT2D eigenvalue weighted by Crippen LogP contribution is 2.10. The van der Waals surface area contributed by atoms with Crippen molar-refractivity contribution in [3.63, 3.8) is 0 Å². The fraction of sp³-hybridized carbons (Fsp3) is 0.643. The smallest absolute Gasteiger partial charge is 0.345 e. The van der Waals surface area contributed by atoms with Crippen molar-refractivity contribution in [3.8, 4) is 0 Å². The summed E-state index contributed by atoms with van der Waals surface area (Å²) in [5.74, 6) is 0.124.